The van der Waals surface area contributed by atoms with Crippen molar-refractivity contribution in [1.29, 1.82) is 0 Å². The summed E-state index contributed by atoms with van der Waals surface area (Å²) in [6.45, 7) is 6.76. The Balaban J connectivity index is 1.25. The summed E-state index contributed by atoms with van der Waals surface area (Å²) in [6, 6.07) is -0.0909. The molecule has 0 radical (unpaired) electrons. The molecule has 4 heterocycles. The maximum absolute atomic E-state index is 12.5. The summed E-state index contributed by atoms with van der Waals surface area (Å²) in [6.07, 6.45) is 8.18. The predicted molar refractivity (Wildman–Crippen MR) is 105 cm³/mol. The Morgan fingerprint density at radius 3 is 2.90 bits per heavy atom. The highest BCUT2D eigenvalue weighted by atomic mass is 16.5. The SMILES string of the molecule is CCc1onc(C)c1CN1CC2(CC(NC(=O)CC3(O)CCC3)c3nccn32)C1. The topological polar surface area (TPSA) is 96.4 Å². The second-order valence-corrected chi connectivity index (χ2v) is 9.13. The molecule has 156 valence electrons. The number of aromatic nitrogens is 3. The van der Waals surface area contributed by atoms with Crippen LogP contribution in [-0.2, 0) is 23.3 Å². The Hall–Kier alpha value is -2.19. The lowest BCUT2D eigenvalue weighted by atomic mass is 9.77. The summed E-state index contributed by atoms with van der Waals surface area (Å²) in [4.78, 5) is 19.4. The number of amides is 1. The van der Waals surface area contributed by atoms with Gasteiger partial charge in [0.25, 0.3) is 0 Å². The molecule has 0 aromatic carbocycles. The number of hydrogen-bond donors (Lipinski definition) is 2. The molecular formula is C21H29N5O3. The fraction of sp³-hybridized carbons (Fsp3) is 0.667. The quantitative estimate of drug-likeness (QED) is 0.769. The van der Waals surface area contributed by atoms with E-state index in [0.717, 1.165) is 69.0 Å². The third-order valence-corrected chi connectivity index (χ3v) is 6.99. The summed E-state index contributed by atoms with van der Waals surface area (Å²) >= 11 is 0. The van der Waals surface area contributed by atoms with Crippen LogP contribution in [0.1, 0.15) is 67.9 Å². The van der Waals surface area contributed by atoms with Crippen molar-refractivity contribution < 1.29 is 14.4 Å². The fourth-order valence-corrected chi connectivity index (χ4v) is 5.28. The molecule has 1 unspecified atom stereocenters. The van der Waals surface area contributed by atoms with E-state index in [9.17, 15) is 9.90 Å². The molecule has 0 bridgehead atoms. The number of hydrogen-bond acceptors (Lipinski definition) is 6. The molecule has 5 rings (SSSR count). The number of nitrogens with zero attached hydrogens (tertiary/aromatic N) is 4. The maximum Gasteiger partial charge on any atom is 0.223 e. The van der Waals surface area contributed by atoms with Crippen LogP contribution in [0.3, 0.4) is 0 Å². The van der Waals surface area contributed by atoms with Gasteiger partial charge in [0, 0.05) is 50.4 Å². The van der Waals surface area contributed by atoms with Crippen LogP contribution in [0.4, 0.5) is 0 Å². The summed E-state index contributed by atoms with van der Waals surface area (Å²) in [5.41, 5.74) is 1.35. The number of carbonyl (C=O) groups is 1. The van der Waals surface area contributed by atoms with Gasteiger partial charge in [-0.05, 0) is 26.2 Å². The van der Waals surface area contributed by atoms with E-state index in [0.29, 0.717) is 0 Å². The minimum absolute atomic E-state index is 0.0192. The van der Waals surface area contributed by atoms with Gasteiger partial charge in [-0.2, -0.15) is 0 Å². The van der Waals surface area contributed by atoms with Gasteiger partial charge in [-0.25, -0.2) is 4.98 Å². The summed E-state index contributed by atoms with van der Waals surface area (Å²) in [5, 5.41) is 17.5. The lowest BCUT2D eigenvalue weighted by Gasteiger charge is -2.49. The lowest BCUT2D eigenvalue weighted by Crippen LogP contribution is -2.60. The molecule has 2 aromatic heterocycles. The first-order valence-corrected chi connectivity index (χ1v) is 10.6. The molecule has 1 aliphatic carbocycles. The van der Waals surface area contributed by atoms with E-state index in [-0.39, 0.29) is 23.9 Å². The Morgan fingerprint density at radius 1 is 1.41 bits per heavy atom. The van der Waals surface area contributed by atoms with Crippen LogP contribution in [0.5, 0.6) is 0 Å². The second kappa shape index (κ2) is 6.67. The van der Waals surface area contributed by atoms with E-state index in [1.807, 2.05) is 19.3 Å². The molecule has 1 spiro atoms. The van der Waals surface area contributed by atoms with Crippen molar-refractivity contribution in [2.24, 2.45) is 0 Å². The third-order valence-electron chi connectivity index (χ3n) is 6.99. The van der Waals surface area contributed by atoms with Crippen LogP contribution in [-0.4, -0.2) is 49.3 Å². The smallest absolute Gasteiger partial charge is 0.223 e. The number of aliphatic hydroxyl groups is 1. The molecule has 2 aromatic rings. The van der Waals surface area contributed by atoms with Gasteiger partial charge >= 0.3 is 0 Å². The highest BCUT2D eigenvalue weighted by Crippen LogP contribution is 2.45. The van der Waals surface area contributed by atoms with Crippen LogP contribution in [0.25, 0.3) is 0 Å². The Kier molecular flexibility index (Phi) is 4.33. The molecule has 8 heteroatoms. The Labute approximate surface area is 170 Å². The largest absolute Gasteiger partial charge is 0.389 e. The van der Waals surface area contributed by atoms with Crippen LogP contribution >= 0.6 is 0 Å². The van der Waals surface area contributed by atoms with Crippen LogP contribution in [0.2, 0.25) is 0 Å². The maximum atomic E-state index is 12.5. The molecule has 3 aliphatic rings. The first kappa shape index (κ1) is 18.8. The minimum Gasteiger partial charge on any atom is -0.389 e. The number of imidazole rings is 1. The zero-order valence-electron chi connectivity index (χ0n) is 17.1. The average molecular weight is 399 g/mol. The first-order chi connectivity index (χ1) is 13.9. The molecule has 29 heavy (non-hydrogen) atoms. The van der Waals surface area contributed by atoms with E-state index in [4.69, 9.17) is 4.52 Å². The van der Waals surface area contributed by atoms with Gasteiger partial charge in [-0.3, -0.25) is 9.69 Å². The van der Waals surface area contributed by atoms with Crippen molar-refractivity contribution >= 4 is 5.91 Å². The van der Waals surface area contributed by atoms with Gasteiger partial charge in [0.2, 0.25) is 5.91 Å². The van der Waals surface area contributed by atoms with Crippen molar-refractivity contribution in [1.82, 2.24) is 24.9 Å². The predicted octanol–water partition coefficient (Wildman–Crippen LogP) is 1.82. The van der Waals surface area contributed by atoms with Gasteiger partial charge in [0.1, 0.15) is 11.6 Å². The summed E-state index contributed by atoms with van der Waals surface area (Å²) in [7, 11) is 0. The number of nitrogens with one attached hydrogen (secondary N) is 1. The molecule has 2 N–H and O–H groups in total. The molecule has 2 aliphatic heterocycles. The average Bonchev–Trinajstić information content (AvgIpc) is 3.30. The third kappa shape index (κ3) is 3.09. The van der Waals surface area contributed by atoms with Gasteiger partial charge < -0.3 is 19.5 Å². The van der Waals surface area contributed by atoms with Crippen molar-refractivity contribution in [3.8, 4) is 0 Å². The Morgan fingerprint density at radius 2 is 2.21 bits per heavy atom. The second-order valence-electron chi connectivity index (χ2n) is 9.13. The van der Waals surface area contributed by atoms with E-state index >= 15 is 0 Å². The molecular weight excluding hydrogens is 370 g/mol. The normalized spacial score (nSPS) is 24.2. The zero-order valence-corrected chi connectivity index (χ0v) is 17.1. The van der Waals surface area contributed by atoms with E-state index in [2.05, 4.69) is 31.8 Å². The molecule has 1 atom stereocenters. The van der Waals surface area contributed by atoms with Gasteiger partial charge in [0.05, 0.1) is 29.3 Å². The monoisotopic (exact) mass is 399 g/mol. The number of rotatable bonds is 6. The number of aryl methyl sites for hydroxylation is 2. The van der Waals surface area contributed by atoms with E-state index < -0.39 is 5.60 Å². The number of fused-ring (bicyclic) bond motifs is 2. The number of likely N-dealkylation sites (tertiary alicyclic amines) is 1. The van der Waals surface area contributed by atoms with Gasteiger partial charge in [-0.1, -0.05) is 12.1 Å². The van der Waals surface area contributed by atoms with Crippen molar-refractivity contribution in [3.05, 3.63) is 35.2 Å². The minimum atomic E-state index is -0.795. The van der Waals surface area contributed by atoms with Gasteiger partial charge in [0.15, 0.2) is 0 Å². The molecule has 8 nitrogen and oxygen atoms in total. The Bertz CT molecular complexity index is 923. The molecule has 1 amide bonds. The van der Waals surface area contributed by atoms with Gasteiger partial charge in [-0.15, -0.1) is 0 Å². The highest BCUT2D eigenvalue weighted by molar-refractivity contribution is 5.77. The summed E-state index contributed by atoms with van der Waals surface area (Å²) in [5.74, 6) is 1.82. The molecule has 1 saturated carbocycles. The molecule has 1 saturated heterocycles. The van der Waals surface area contributed by atoms with Crippen molar-refractivity contribution in [2.45, 2.75) is 76.1 Å². The zero-order chi connectivity index (χ0) is 20.2. The first-order valence-electron chi connectivity index (χ1n) is 10.6. The lowest BCUT2D eigenvalue weighted by molar-refractivity contribution is -0.131. The summed E-state index contributed by atoms with van der Waals surface area (Å²) < 4.78 is 7.67. The fourth-order valence-electron chi connectivity index (χ4n) is 5.28. The van der Waals surface area contributed by atoms with E-state index in [1.54, 1.807) is 0 Å². The van der Waals surface area contributed by atoms with Crippen molar-refractivity contribution in [3.63, 3.8) is 0 Å². The number of carbonyl (C=O) groups excluding carboxylic acids is 1. The highest BCUT2D eigenvalue weighted by Gasteiger charge is 2.52. The standard InChI is InChI=1S/C21H29N5O3/c1-3-17-15(14(2)24-29-17)11-25-12-20(13-25)9-16(19-22-7-8-26(19)20)23-18(27)10-21(28)5-4-6-21/h7-8,16,28H,3-6,9-13H2,1-2H3,(H,23,27). The van der Waals surface area contributed by atoms with Crippen LogP contribution < -0.4 is 5.32 Å². The molecule has 2 fully saturated rings. The van der Waals surface area contributed by atoms with Crippen LogP contribution in [0.15, 0.2) is 16.9 Å². The van der Waals surface area contributed by atoms with Crippen molar-refractivity contribution in [2.75, 3.05) is 13.1 Å². The van der Waals surface area contributed by atoms with Crippen LogP contribution in [0, 0.1) is 6.92 Å². The van der Waals surface area contributed by atoms with E-state index in [1.165, 1.54) is 5.56 Å².